The van der Waals surface area contributed by atoms with Gasteiger partial charge in [-0.2, -0.15) is 0 Å². The van der Waals surface area contributed by atoms with Gasteiger partial charge in [0.2, 0.25) is 5.91 Å². The van der Waals surface area contributed by atoms with Crippen LogP contribution in [0, 0.1) is 17.8 Å². The monoisotopic (exact) mass is 408 g/mol. The van der Waals surface area contributed by atoms with Gasteiger partial charge in [0.05, 0.1) is 6.04 Å². The maximum atomic E-state index is 12.1. The van der Waals surface area contributed by atoms with E-state index < -0.39 is 0 Å². The van der Waals surface area contributed by atoms with Crippen molar-refractivity contribution in [1.82, 2.24) is 9.80 Å². The molecule has 0 unspecified atom stereocenters. The summed E-state index contributed by atoms with van der Waals surface area (Å²) in [6.07, 6.45) is 14.1. The van der Waals surface area contributed by atoms with Gasteiger partial charge in [-0.15, -0.1) is 0 Å². The number of carbonyl (C=O) groups excluding carboxylic acids is 1. The molecule has 3 nitrogen and oxygen atoms in total. The van der Waals surface area contributed by atoms with Crippen LogP contribution in [0.2, 0.25) is 0 Å². The zero-order valence-corrected chi connectivity index (χ0v) is 19.1. The average Bonchev–Trinajstić information content (AvgIpc) is 3.00. The van der Waals surface area contributed by atoms with Crippen molar-refractivity contribution < 1.29 is 4.79 Å². The first kappa shape index (κ1) is 20.5. The molecule has 5 rings (SSSR count). The van der Waals surface area contributed by atoms with Crippen LogP contribution in [0.1, 0.15) is 88.3 Å². The minimum atomic E-state index is 0.183. The number of carbonyl (C=O) groups is 1. The van der Waals surface area contributed by atoms with Crippen LogP contribution in [0.15, 0.2) is 24.3 Å². The van der Waals surface area contributed by atoms with E-state index in [1.54, 1.807) is 6.92 Å². The molecule has 1 aromatic rings. The van der Waals surface area contributed by atoms with Gasteiger partial charge in [-0.05, 0) is 80.5 Å². The van der Waals surface area contributed by atoms with Crippen molar-refractivity contribution in [3.63, 3.8) is 0 Å². The lowest BCUT2D eigenvalue weighted by Gasteiger charge is -2.42. The number of rotatable bonds is 3. The van der Waals surface area contributed by atoms with E-state index in [-0.39, 0.29) is 17.4 Å². The summed E-state index contributed by atoms with van der Waals surface area (Å²) in [5.41, 5.74) is 3.22. The van der Waals surface area contributed by atoms with Crippen LogP contribution in [0.3, 0.4) is 0 Å². The third-order valence-corrected chi connectivity index (χ3v) is 9.31. The molecule has 2 bridgehead atoms. The molecule has 3 fully saturated rings. The molecule has 4 aliphatic rings. The highest BCUT2D eigenvalue weighted by Gasteiger charge is 2.47. The van der Waals surface area contributed by atoms with Gasteiger partial charge >= 0.3 is 0 Å². The van der Waals surface area contributed by atoms with E-state index >= 15 is 0 Å². The Labute approximate surface area is 183 Å². The molecule has 3 aliphatic carbocycles. The Kier molecular flexibility index (Phi) is 5.68. The van der Waals surface area contributed by atoms with Crippen molar-refractivity contribution >= 4 is 5.91 Å². The molecule has 1 aromatic carbocycles. The van der Waals surface area contributed by atoms with Crippen LogP contribution in [0.4, 0.5) is 0 Å². The molecule has 164 valence electrons. The molecule has 4 atom stereocenters. The molecule has 1 saturated heterocycles. The molecule has 3 heteroatoms. The van der Waals surface area contributed by atoms with E-state index in [0.29, 0.717) is 0 Å². The van der Waals surface area contributed by atoms with E-state index in [4.69, 9.17) is 0 Å². The first-order chi connectivity index (χ1) is 14.5. The van der Waals surface area contributed by atoms with Crippen LogP contribution in [-0.4, -0.2) is 42.4 Å². The van der Waals surface area contributed by atoms with Crippen LogP contribution < -0.4 is 0 Å². The quantitative estimate of drug-likeness (QED) is 0.655. The van der Waals surface area contributed by atoms with Crippen molar-refractivity contribution in [3.05, 3.63) is 35.4 Å². The zero-order valence-electron chi connectivity index (χ0n) is 19.1. The highest BCUT2D eigenvalue weighted by atomic mass is 16.2. The van der Waals surface area contributed by atoms with Gasteiger partial charge in [-0.3, -0.25) is 4.79 Å². The van der Waals surface area contributed by atoms with Gasteiger partial charge in [0.1, 0.15) is 0 Å². The predicted molar refractivity (Wildman–Crippen MR) is 122 cm³/mol. The van der Waals surface area contributed by atoms with Gasteiger partial charge in [-0.1, -0.05) is 49.9 Å². The Morgan fingerprint density at radius 1 is 1.07 bits per heavy atom. The highest BCUT2D eigenvalue weighted by Crippen LogP contribution is 2.52. The maximum Gasteiger partial charge on any atom is 0.219 e. The molecule has 1 aliphatic heterocycles. The lowest BCUT2D eigenvalue weighted by Crippen LogP contribution is -2.44. The predicted octanol–water partition coefficient (Wildman–Crippen LogP) is 5.55. The molecule has 0 aromatic heterocycles. The number of nitrogens with zero attached hydrogens (tertiary/aromatic N) is 2. The van der Waals surface area contributed by atoms with Crippen molar-refractivity contribution in [2.45, 2.75) is 82.6 Å². The summed E-state index contributed by atoms with van der Waals surface area (Å²) in [6.45, 7) is 5.50. The van der Waals surface area contributed by atoms with E-state index in [0.717, 1.165) is 24.2 Å². The molecule has 0 N–H and O–H groups in total. The van der Waals surface area contributed by atoms with Gasteiger partial charge in [0, 0.05) is 25.9 Å². The average molecular weight is 409 g/mol. The number of benzene rings is 1. The van der Waals surface area contributed by atoms with Crippen molar-refractivity contribution in [1.29, 1.82) is 0 Å². The van der Waals surface area contributed by atoms with E-state index in [1.165, 1.54) is 88.5 Å². The van der Waals surface area contributed by atoms with Gasteiger partial charge in [0.15, 0.2) is 0 Å². The molecule has 1 amide bonds. The third-order valence-electron chi connectivity index (χ3n) is 9.31. The third kappa shape index (κ3) is 3.83. The second-order valence-corrected chi connectivity index (χ2v) is 11.1. The van der Waals surface area contributed by atoms with Crippen molar-refractivity contribution in [3.8, 4) is 0 Å². The number of hydrogen-bond donors (Lipinski definition) is 0. The molecule has 2 saturated carbocycles. The Bertz CT molecular complexity index is 766. The summed E-state index contributed by atoms with van der Waals surface area (Å²) in [5, 5.41) is 0. The lowest BCUT2D eigenvalue weighted by atomic mass is 9.73. The van der Waals surface area contributed by atoms with Gasteiger partial charge < -0.3 is 9.80 Å². The smallest absolute Gasteiger partial charge is 0.219 e. The fourth-order valence-corrected chi connectivity index (χ4v) is 7.53. The Morgan fingerprint density at radius 2 is 1.83 bits per heavy atom. The fourth-order valence-electron chi connectivity index (χ4n) is 7.53. The largest absolute Gasteiger partial charge is 0.339 e. The van der Waals surface area contributed by atoms with Gasteiger partial charge in [0.25, 0.3) is 0 Å². The number of likely N-dealkylation sites (tertiary alicyclic amines) is 1. The summed E-state index contributed by atoms with van der Waals surface area (Å²) in [6, 6.07) is 9.23. The summed E-state index contributed by atoms with van der Waals surface area (Å²) >= 11 is 0. The number of piperidine rings is 1. The zero-order chi connectivity index (χ0) is 20.7. The Hall–Kier alpha value is -1.35. The van der Waals surface area contributed by atoms with Gasteiger partial charge in [-0.25, -0.2) is 0 Å². The van der Waals surface area contributed by atoms with Crippen molar-refractivity contribution in [2.75, 3.05) is 26.7 Å². The summed E-state index contributed by atoms with van der Waals surface area (Å²) < 4.78 is 0. The molecule has 0 radical (unpaired) electrons. The minimum Gasteiger partial charge on any atom is -0.339 e. The second-order valence-electron chi connectivity index (χ2n) is 11.1. The fraction of sp³-hybridized carbons (Fsp3) is 0.741. The standard InChI is InChI=1S/C27H40N2O/c1-20(30)28(2)26-18-27(25-9-4-3-8-24(25)26)12-14-29(15-13-27)19-23-11-10-21-6-5-7-22(16-21)17-23/h3-4,8-9,21-23,26H,5-7,10-19H2,1-2H3/t21-,22+,23+,26-/m1/s1. The Morgan fingerprint density at radius 3 is 2.63 bits per heavy atom. The number of amides is 1. The second kappa shape index (κ2) is 8.30. The van der Waals surface area contributed by atoms with Crippen LogP contribution >= 0.6 is 0 Å². The molecule has 1 spiro atoms. The van der Waals surface area contributed by atoms with E-state index in [2.05, 4.69) is 29.2 Å². The molecule has 30 heavy (non-hydrogen) atoms. The minimum absolute atomic E-state index is 0.183. The van der Waals surface area contributed by atoms with Crippen LogP contribution in [0.5, 0.6) is 0 Å². The molecule has 1 heterocycles. The lowest BCUT2D eigenvalue weighted by molar-refractivity contribution is -0.129. The summed E-state index contributed by atoms with van der Waals surface area (Å²) in [7, 11) is 1.99. The first-order valence-electron chi connectivity index (χ1n) is 12.6. The molecular formula is C27H40N2O. The summed E-state index contributed by atoms with van der Waals surface area (Å²) in [4.78, 5) is 16.9. The van der Waals surface area contributed by atoms with E-state index in [1.807, 2.05) is 11.9 Å². The maximum absolute atomic E-state index is 12.1. The van der Waals surface area contributed by atoms with Crippen molar-refractivity contribution in [2.24, 2.45) is 17.8 Å². The first-order valence-corrected chi connectivity index (χ1v) is 12.6. The highest BCUT2D eigenvalue weighted by molar-refractivity contribution is 5.74. The van der Waals surface area contributed by atoms with Crippen LogP contribution in [0.25, 0.3) is 0 Å². The topological polar surface area (TPSA) is 23.6 Å². The number of hydrogen-bond acceptors (Lipinski definition) is 2. The van der Waals surface area contributed by atoms with E-state index in [9.17, 15) is 4.79 Å². The molecular weight excluding hydrogens is 368 g/mol. The van der Waals surface area contributed by atoms with Crippen LogP contribution in [-0.2, 0) is 10.2 Å². The Balaban J connectivity index is 1.25. The SMILES string of the molecule is CC(=O)N(C)[C@@H]1CC2(CCN(C[C@H]3CC[C@H]4CCC[C@@H](C4)C3)CC2)c2ccccc21. The summed E-state index contributed by atoms with van der Waals surface area (Å²) in [5.74, 6) is 3.18. The number of fused-ring (bicyclic) bond motifs is 4. The normalized spacial score (nSPS) is 33.1.